The summed E-state index contributed by atoms with van der Waals surface area (Å²) < 4.78 is 1.70. The molecule has 100 valence electrons. The Labute approximate surface area is 117 Å². The second-order valence-corrected chi connectivity index (χ2v) is 5.33. The van der Waals surface area contributed by atoms with E-state index >= 15 is 0 Å². The van der Waals surface area contributed by atoms with E-state index in [-0.39, 0.29) is 0 Å². The van der Waals surface area contributed by atoms with Gasteiger partial charge < -0.3 is 4.90 Å². The number of hydrogen-bond donors (Lipinski definition) is 0. The molecule has 0 aliphatic rings. The lowest BCUT2D eigenvalue weighted by Crippen LogP contribution is -2.15. The maximum atomic E-state index is 4.37. The van der Waals surface area contributed by atoms with Gasteiger partial charge in [-0.25, -0.2) is 0 Å². The van der Waals surface area contributed by atoms with E-state index in [9.17, 15) is 0 Å². The van der Waals surface area contributed by atoms with Gasteiger partial charge in [0.25, 0.3) is 0 Å². The summed E-state index contributed by atoms with van der Waals surface area (Å²) in [5.74, 6) is 0.965. The van der Waals surface area contributed by atoms with Crippen LogP contribution in [0.25, 0.3) is 0 Å². The lowest BCUT2D eigenvalue weighted by Gasteiger charge is -2.07. The van der Waals surface area contributed by atoms with Crippen molar-refractivity contribution in [2.75, 3.05) is 26.4 Å². The van der Waals surface area contributed by atoms with Gasteiger partial charge in [0.1, 0.15) is 6.33 Å². The molecule has 0 bridgehead atoms. The van der Waals surface area contributed by atoms with Crippen LogP contribution in [0.15, 0.2) is 46.9 Å². The molecule has 5 nitrogen and oxygen atoms in total. The van der Waals surface area contributed by atoms with Crippen LogP contribution in [0.4, 0.5) is 0 Å². The quantitative estimate of drug-likeness (QED) is 0.596. The minimum Gasteiger partial charge on any atom is -0.309 e. The van der Waals surface area contributed by atoms with Crippen LogP contribution in [0.3, 0.4) is 0 Å². The first-order chi connectivity index (χ1) is 9.25. The second-order valence-electron chi connectivity index (χ2n) is 4.27. The fourth-order valence-corrected chi connectivity index (χ4v) is 2.35. The predicted octanol–water partition coefficient (Wildman–Crippen LogP) is 1.81. The summed E-state index contributed by atoms with van der Waals surface area (Å²) in [4.78, 5) is 2.14. The van der Waals surface area contributed by atoms with Crippen molar-refractivity contribution in [2.45, 2.75) is 5.16 Å². The summed E-state index contributed by atoms with van der Waals surface area (Å²) >= 11 is 1.65. The summed E-state index contributed by atoms with van der Waals surface area (Å²) in [6.45, 7) is 1.000. The monoisotopic (exact) mass is 275 g/mol. The topological polar surface area (TPSA) is 46.3 Å². The van der Waals surface area contributed by atoms with Crippen molar-refractivity contribution in [3.8, 4) is 0 Å². The molecule has 0 radical (unpaired) electrons. The largest absolute Gasteiger partial charge is 0.309 e. The lowest BCUT2D eigenvalue weighted by atomic mass is 10.2. The molecule has 0 fully saturated rings. The first kappa shape index (κ1) is 13.8. The highest BCUT2D eigenvalue weighted by molar-refractivity contribution is 7.99. The van der Waals surface area contributed by atoms with E-state index in [1.807, 2.05) is 30.3 Å². The summed E-state index contributed by atoms with van der Waals surface area (Å²) in [6.07, 6.45) is 3.43. The average molecular weight is 275 g/mol. The number of thioether (sulfide) groups is 1. The Hall–Kier alpha value is -1.66. The molecule has 0 aliphatic carbocycles. The highest BCUT2D eigenvalue weighted by atomic mass is 32.2. The van der Waals surface area contributed by atoms with Gasteiger partial charge >= 0.3 is 0 Å². The molecule has 0 spiro atoms. The zero-order valence-corrected chi connectivity index (χ0v) is 11.9. The Morgan fingerprint density at radius 3 is 2.84 bits per heavy atom. The fourth-order valence-electron chi connectivity index (χ4n) is 1.38. The first-order valence-corrected chi connectivity index (χ1v) is 7.01. The van der Waals surface area contributed by atoms with Gasteiger partial charge in [-0.3, -0.25) is 0 Å². The van der Waals surface area contributed by atoms with Crippen LogP contribution in [0.1, 0.15) is 5.56 Å². The van der Waals surface area contributed by atoms with Gasteiger partial charge in [-0.05, 0) is 19.7 Å². The second kappa shape index (κ2) is 7.06. The molecule has 0 aliphatic heterocycles. The SMILES string of the molecule is CN(C)CCSc1nncn1/N=C/c1ccccc1. The smallest absolute Gasteiger partial charge is 0.211 e. The van der Waals surface area contributed by atoms with Crippen molar-refractivity contribution in [3.05, 3.63) is 42.2 Å². The summed E-state index contributed by atoms with van der Waals surface area (Å²) in [5, 5.41) is 13.1. The molecule has 1 aromatic carbocycles. The molecule has 6 heteroatoms. The van der Waals surface area contributed by atoms with Gasteiger partial charge in [-0.15, -0.1) is 10.2 Å². The number of hydrogen-bond acceptors (Lipinski definition) is 5. The van der Waals surface area contributed by atoms with Gasteiger partial charge in [0, 0.05) is 12.3 Å². The van der Waals surface area contributed by atoms with E-state index in [1.165, 1.54) is 0 Å². The van der Waals surface area contributed by atoms with Crippen LogP contribution in [0.5, 0.6) is 0 Å². The van der Waals surface area contributed by atoms with Crippen molar-refractivity contribution in [3.63, 3.8) is 0 Å². The van der Waals surface area contributed by atoms with E-state index in [1.54, 1.807) is 29.0 Å². The highest BCUT2D eigenvalue weighted by Gasteiger charge is 2.03. The molecular weight excluding hydrogens is 258 g/mol. The highest BCUT2D eigenvalue weighted by Crippen LogP contribution is 2.14. The zero-order valence-electron chi connectivity index (χ0n) is 11.1. The molecule has 0 unspecified atom stereocenters. The molecule has 1 heterocycles. The Morgan fingerprint density at radius 2 is 2.11 bits per heavy atom. The Bertz CT molecular complexity index is 521. The molecule has 0 N–H and O–H groups in total. The molecule has 0 saturated heterocycles. The maximum absolute atomic E-state index is 4.37. The summed E-state index contributed by atoms with van der Waals surface area (Å²) in [6, 6.07) is 9.97. The third-order valence-electron chi connectivity index (χ3n) is 2.40. The number of rotatable bonds is 6. The van der Waals surface area contributed by atoms with Gasteiger partial charge in [0.2, 0.25) is 5.16 Å². The van der Waals surface area contributed by atoms with Crippen LogP contribution in [-0.2, 0) is 0 Å². The molecule has 1 aromatic heterocycles. The molecule has 0 amide bonds. The summed E-state index contributed by atoms with van der Waals surface area (Å²) in [7, 11) is 4.11. The standard InChI is InChI=1S/C13H17N5S/c1-17(2)8-9-19-13-16-14-11-18(13)15-10-12-6-4-3-5-7-12/h3-7,10-11H,8-9H2,1-2H3/b15-10+. The molecule has 19 heavy (non-hydrogen) atoms. The van der Waals surface area contributed by atoms with E-state index in [0.29, 0.717) is 0 Å². The normalized spacial score (nSPS) is 11.5. The van der Waals surface area contributed by atoms with Crippen LogP contribution < -0.4 is 0 Å². The minimum absolute atomic E-state index is 0.814. The van der Waals surface area contributed by atoms with Gasteiger partial charge in [0.15, 0.2) is 0 Å². The van der Waals surface area contributed by atoms with E-state index in [4.69, 9.17) is 0 Å². The van der Waals surface area contributed by atoms with Crippen molar-refractivity contribution in [2.24, 2.45) is 5.10 Å². The Balaban J connectivity index is 1.97. The van der Waals surface area contributed by atoms with Gasteiger partial charge in [0.05, 0.1) is 6.21 Å². The molecular formula is C13H17N5S. The van der Waals surface area contributed by atoms with Crippen molar-refractivity contribution in [1.82, 2.24) is 19.8 Å². The third kappa shape index (κ3) is 4.50. The van der Waals surface area contributed by atoms with Crippen molar-refractivity contribution < 1.29 is 0 Å². The number of aromatic nitrogens is 3. The Morgan fingerprint density at radius 1 is 1.32 bits per heavy atom. The van der Waals surface area contributed by atoms with E-state index in [2.05, 4.69) is 34.3 Å². The van der Waals surface area contributed by atoms with E-state index < -0.39 is 0 Å². The fraction of sp³-hybridized carbons (Fsp3) is 0.308. The Kier molecular flexibility index (Phi) is 5.11. The predicted molar refractivity (Wildman–Crippen MR) is 78.7 cm³/mol. The van der Waals surface area contributed by atoms with E-state index in [0.717, 1.165) is 23.0 Å². The lowest BCUT2D eigenvalue weighted by molar-refractivity contribution is 0.437. The number of nitrogens with zero attached hydrogens (tertiary/aromatic N) is 5. The number of benzene rings is 1. The zero-order chi connectivity index (χ0) is 13.5. The van der Waals surface area contributed by atoms with Crippen molar-refractivity contribution >= 4 is 18.0 Å². The maximum Gasteiger partial charge on any atom is 0.211 e. The average Bonchev–Trinajstić information content (AvgIpc) is 2.85. The van der Waals surface area contributed by atoms with Gasteiger partial charge in [-0.2, -0.15) is 9.78 Å². The molecule has 0 saturated carbocycles. The van der Waals surface area contributed by atoms with Crippen molar-refractivity contribution in [1.29, 1.82) is 0 Å². The minimum atomic E-state index is 0.814. The third-order valence-corrected chi connectivity index (χ3v) is 3.31. The van der Waals surface area contributed by atoms with Gasteiger partial charge in [-0.1, -0.05) is 42.1 Å². The van der Waals surface area contributed by atoms with Crippen LogP contribution >= 0.6 is 11.8 Å². The molecule has 0 atom stereocenters. The molecule has 2 aromatic rings. The molecule has 2 rings (SSSR count). The first-order valence-electron chi connectivity index (χ1n) is 6.02. The van der Waals surface area contributed by atoms with Crippen LogP contribution in [-0.4, -0.2) is 52.4 Å². The summed E-state index contributed by atoms with van der Waals surface area (Å²) in [5.41, 5.74) is 1.06. The van der Waals surface area contributed by atoms with Crippen LogP contribution in [0, 0.1) is 0 Å². The van der Waals surface area contributed by atoms with Crippen LogP contribution in [0.2, 0.25) is 0 Å².